The topological polar surface area (TPSA) is 53.6 Å². The molecule has 0 radical (unpaired) electrons. The fraction of sp³-hybridized carbons (Fsp3) is 0.286. The van der Waals surface area contributed by atoms with Crippen molar-refractivity contribution < 1.29 is 13.2 Å². The number of nitrogens with zero attached hydrogens (tertiary/aromatic N) is 3. The minimum Gasteiger partial charge on any atom is -0.313 e. The summed E-state index contributed by atoms with van der Waals surface area (Å²) in [5, 5.41) is 13.3. The molecule has 0 bridgehead atoms. The van der Waals surface area contributed by atoms with Gasteiger partial charge in [-0.05, 0) is 30.1 Å². The number of hydrogen-bond acceptors (Lipinski definition) is 4. The number of aromatic nitrogens is 2. The molecule has 0 atom stereocenters. The average Bonchev–Trinajstić information content (AvgIpc) is 2.86. The van der Waals surface area contributed by atoms with Crippen molar-refractivity contribution in [3.05, 3.63) is 40.5 Å². The smallest absolute Gasteiger partial charge is 0.313 e. The number of rotatable bonds is 4. The molecule has 4 nitrogen and oxygen atoms in total. The van der Waals surface area contributed by atoms with E-state index in [2.05, 4.69) is 9.82 Å². The molecule has 1 aromatic carbocycles. The molecule has 0 saturated heterocycles. The molecule has 0 aliphatic heterocycles. The Hall–Kier alpha value is -1.85. The van der Waals surface area contributed by atoms with Crippen molar-refractivity contribution in [3.8, 4) is 11.8 Å². The Kier molecular flexibility index (Phi) is 5.12. The normalized spacial score (nSPS) is 11.6. The second-order valence-electron chi connectivity index (χ2n) is 4.86. The Labute approximate surface area is 140 Å². The van der Waals surface area contributed by atoms with Crippen molar-refractivity contribution >= 4 is 29.4 Å². The minimum absolute atomic E-state index is 0.106. The van der Waals surface area contributed by atoms with Crippen molar-refractivity contribution in [3.63, 3.8) is 0 Å². The number of alkyl halides is 3. The van der Waals surface area contributed by atoms with Gasteiger partial charge in [-0.3, -0.25) is 0 Å². The predicted octanol–water partition coefficient (Wildman–Crippen LogP) is 4.88. The summed E-state index contributed by atoms with van der Waals surface area (Å²) in [4.78, 5) is 0. The molecule has 1 aromatic heterocycles. The zero-order chi connectivity index (χ0) is 17.2. The number of hydrogen-bond donors (Lipinski definition) is 1. The summed E-state index contributed by atoms with van der Waals surface area (Å²) in [6, 6.07) is 4.97. The molecule has 0 aliphatic rings. The predicted molar refractivity (Wildman–Crippen MR) is 84.6 cm³/mol. The summed E-state index contributed by atoms with van der Waals surface area (Å²) in [5.41, 5.74) is -0.313. The summed E-state index contributed by atoms with van der Waals surface area (Å²) in [6.07, 6.45) is -3.14. The lowest BCUT2D eigenvalue weighted by Crippen LogP contribution is -2.08. The minimum atomic E-state index is -4.47. The molecule has 0 unspecified atom stereocenters. The first kappa shape index (κ1) is 17.5. The number of benzene rings is 1. The number of nitriles is 1. The van der Waals surface area contributed by atoms with Gasteiger partial charge in [0.1, 0.15) is 11.6 Å². The summed E-state index contributed by atoms with van der Waals surface area (Å²) in [7, 11) is 0. The van der Waals surface area contributed by atoms with Gasteiger partial charge in [0.2, 0.25) is 0 Å². The van der Waals surface area contributed by atoms with E-state index in [1.165, 1.54) is 28.9 Å². The first-order chi connectivity index (χ1) is 10.7. The van der Waals surface area contributed by atoms with Crippen LogP contribution in [0.25, 0.3) is 5.69 Å². The lowest BCUT2D eigenvalue weighted by atomic mass is 10.2. The largest absolute Gasteiger partial charge is 0.416 e. The molecule has 2 aromatic rings. The molecule has 1 heterocycles. The molecule has 0 amide bonds. The van der Waals surface area contributed by atoms with E-state index in [0.717, 1.165) is 12.1 Å². The Morgan fingerprint density at radius 3 is 2.61 bits per heavy atom. The Balaban J connectivity index is 2.46. The summed E-state index contributed by atoms with van der Waals surface area (Å²) in [5.74, 6) is 0.368. The third-order valence-corrected chi connectivity index (χ3v) is 3.87. The second kappa shape index (κ2) is 6.72. The van der Waals surface area contributed by atoms with Gasteiger partial charge in [-0.2, -0.15) is 23.5 Å². The first-order valence-electron chi connectivity index (χ1n) is 6.51. The maximum absolute atomic E-state index is 12.7. The molecule has 122 valence electrons. The lowest BCUT2D eigenvalue weighted by molar-refractivity contribution is -0.137. The van der Waals surface area contributed by atoms with Crippen LogP contribution in [0.3, 0.4) is 0 Å². The fourth-order valence-corrected chi connectivity index (χ4v) is 2.54. The molecular weight excluding hydrogens is 349 g/mol. The van der Waals surface area contributed by atoms with E-state index in [1.54, 1.807) is 0 Å². The van der Waals surface area contributed by atoms with Crippen LogP contribution in [-0.2, 0) is 6.18 Å². The Morgan fingerprint density at radius 2 is 2.09 bits per heavy atom. The van der Waals surface area contributed by atoms with Crippen LogP contribution in [-0.4, -0.2) is 15.0 Å². The summed E-state index contributed by atoms with van der Waals surface area (Å²) < 4.78 is 42.4. The molecule has 9 heteroatoms. The lowest BCUT2D eigenvalue weighted by Gasteiger charge is -2.14. The van der Waals surface area contributed by atoms with Gasteiger partial charge in [0.05, 0.1) is 22.5 Å². The molecule has 0 spiro atoms. The monoisotopic (exact) mass is 360 g/mol. The highest BCUT2D eigenvalue weighted by atomic mass is 35.5. The van der Waals surface area contributed by atoms with Gasteiger partial charge in [-0.25, -0.2) is 4.68 Å². The summed E-state index contributed by atoms with van der Waals surface area (Å²) in [6.45, 7) is 3.91. The average molecular weight is 361 g/mol. The Morgan fingerprint density at radius 1 is 1.39 bits per heavy atom. The zero-order valence-electron chi connectivity index (χ0n) is 12.1. The van der Waals surface area contributed by atoms with Gasteiger partial charge in [-0.15, -0.1) is 0 Å². The van der Waals surface area contributed by atoms with Crippen LogP contribution in [0.15, 0.2) is 24.4 Å². The maximum atomic E-state index is 12.7. The van der Waals surface area contributed by atoms with Crippen LogP contribution in [0, 0.1) is 11.3 Å². The standard InChI is InChI=1S/C14H12ClF3N4S/c1-8(2)23-21-13-9(6-19)7-20-22(13)12-4-3-10(5-11(12)15)14(16,17)18/h3-5,7-8,21H,1-2H3. The fourth-order valence-electron chi connectivity index (χ4n) is 1.74. The van der Waals surface area contributed by atoms with Crippen molar-refractivity contribution in [2.75, 3.05) is 4.72 Å². The van der Waals surface area contributed by atoms with Crippen LogP contribution in [0.2, 0.25) is 5.02 Å². The van der Waals surface area contributed by atoms with E-state index in [9.17, 15) is 13.2 Å². The van der Waals surface area contributed by atoms with E-state index in [0.29, 0.717) is 5.82 Å². The number of halogens is 4. The van der Waals surface area contributed by atoms with E-state index in [4.69, 9.17) is 16.9 Å². The molecule has 0 aliphatic carbocycles. The van der Waals surface area contributed by atoms with Crippen molar-refractivity contribution in [1.29, 1.82) is 5.26 Å². The number of anilines is 1. The highest BCUT2D eigenvalue weighted by Gasteiger charge is 2.31. The highest BCUT2D eigenvalue weighted by molar-refractivity contribution is 8.01. The Bertz CT molecular complexity index is 749. The molecule has 23 heavy (non-hydrogen) atoms. The SMILES string of the molecule is CC(C)SNc1c(C#N)cnn1-c1ccc(C(F)(F)F)cc1Cl. The second-order valence-corrected chi connectivity index (χ2v) is 6.65. The highest BCUT2D eigenvalue weighted by Crippen LogP contribution is 2.34. The summed E-state index contributed by atoms with van der Waals surface area (Å²) >= 11 is 7.33. The van der Waals surface area contributed by atoms with Crippen LogP contribution < -0.4 is 4.72 Å². The van der Waals surface area contributed by atoms with Crippen molar-refractivity contribution in [2.24, 2.45) is 0 Å². The molecule has 2 rings (SSSR count). The molecule has 0 fully saturated rings. The van der Waals surface area contributed by atoms with Gasteiger partial charge in [0.15, 0.2) is 5.82 Å². The van der Waals surface area contributed by atoms with Crippen molar-refractivity contribution in [1.82, 2.24) is 9.78 Å². The quantitative estimate of drug-likeness (QED) is 0.789. The van der Waals surface area contributed by atoms with Crippen LogP contribution in [0.4, 0.5) is 19.0 Å². The molecular formula is C14H12ClF3N4S. The van der Waals surface area contributed by atoms with Gasteiger partial charge < -0.3 is 4.72 Å². The maximum Gasteiger partial charge on any atom is 0.416 e. The van der Waals surface area contributed by atoms with Crippen LogP contribution in [0.5, 0.6) is 0 Å². The molecule has 1 N–H and O–H groups in total. The first-order valence-corrected chi connectivity index (χ1v) is 7.76. The van der Waals surface area contributed by atoms with Crippen molar-refractivity contribution in [2.45, 2.75) is 25.3 Å². The molecule has 0 saturated carbocycles. The number of nitrogens with one attached hydrogen (secondary N) is 1. The third kappa shape index (κ3) is 3.92. The van der Waals surface area contributed by atoms with Gasteiger partial charge >= 0.3 is 6.18 Å². The zero-order valence-corrected chi connectivity index (χ0v) is 13.7. The van der Waals surface area contributed by atoms with Crippen LogP contribution in [0.1, 0.15) is 25.0 Å². The van der Waals surface area contributed by atoms with Crippen LogP contribution >= 0.6 is 23.5 Å². The van der Waals surface area contributed by atoms with Gasteiger partial charge in [-0.1, -0.05) is 25.4 Å². The third-order valence-electron chi connectivity index (χ3n) is 2.78. The van der Waals surface area contributed by atoms with E-state index >= 15 is 0 Å². The van der Waals surface area contributed by atoms with E-state index in [-0.39, 0.29) is 21.5 Å². The van der Waals surface area contributed by atoms with E-state index in [1.807, 2.05) is 19.9 Å². The van der Waals surface area contributed by atoms with Gasteiger partial charge in [0, 0.05) is 5.25 Å². The van der Waals surface area contributed by atoms with E-state index < -0.39 is 11.7 Å². The van der Waals surface area contributed by atoms with Gasteiger partial charge in [0.25, 0.3) is 0 Å².